The highest BCUT2D eigenvalue weighted by molar-refractivity contribution is 5.85. The van der Waals surface area contributed by atoms with Gasteiger partial charge in [-0.25, -0.2) is 0 Å². The van der Waals surface area contributed by atoms with Crippen molar-refractivity contribution >= 4 is 30.7 Å². The number of nitrogens with zero attached hydrogens (tertiary/aromatic N) is 1. The summed E-state index contributed by atoms with van der Waals surface area (Å²) in [5, 5.41) is 3.07. The molecule has 2 atom stereocenters. The Morgan fingerprint density at radius 3 is 2.45 bits per heavy atom. The highest BCUT2D eigenvalue weighted by Crippen LogP contribution is 2.27. The van der Waals surface area contributed by atoms with Crippen molar-refractivity contribution in [2.75, 3.05) is 26.7 Å². The molecule has 1 aliphatic rings. The molecule has 1 aliphatic heterocycles. The first-order chi connectivity index (χ1) is 13.2. The van der Waals surface area contributed by atoms with Gasteiger partial charge in [0.2, 0.25) is 5.91 Å². The summed E-state index contributed by atoms with van der Waals surface area (Å²) in [5.41, 5.74) is 8.36. The smallest absolute Gasteiger partial charge is 0.237 e. The monoisotopic (exact) mass is 439 g/mol. The van der Waals surface area contributed by atoms with E-state index in [1.54, 1.807) is 7.11 Å². The number of likely N-dealkylation sites (tertiary alicyclic amines) is 1. The molecule has 0 bridgehead atoms. The molecule has 0 aromatic heterocycles. The van der Waals surface area contributed by atoms with Crippen LogP contribution in [0.1, 0.15) is 30.0 Å². The molecule has 5 nitrogen and oxygen atoms in total. The summed E-state index contributed by atoms with van der Waals surface area (Å²) in [6.07, 6.45) is 2.93. The molecular weight excluding hydrogens is 409 g/mol. The molecule has 0 spiro atoms. The zero-order valence-corrected chi connectivity index (χ0v) is 18.4. The van der Waals surface area contributed by atoms with Crippen LogP contribution in [0.3, 0.4) is 0 Å². The van der Waals surface area contributed by atoms with Gasteiger partial charge in [-0.1, -0.05) is 42.5 Å². The van der Waals surface area contributed by atoms with E-state index in [0.29, 0.717) is 13.0 Å². The van der Waals surface area contributed by atoms with Gasteiger partial charge in [0.05, 0.1) is 19.2 Å². The molecule has 0 saturated carbocycles. The molecule has 3 N–H and O–H groups in total. The van der Waals surface area contributed by atoms with E-state index in [2.05, 4.69) is 22.3 Å². The number of nitrogens with two attached hydrogens (primary N) is 1. The second kappa shape index (κ2) is 12.7. The average Bonchev–Trinajstić information content (AvgIpc) is 3.23. The maximum absolute atomic E-state index is 12.5. The normalized spacial score (nSPS) is 15.5. The first kappa shape index (κ1) is 25.2. The van der Waals surface area contributed by atoms with Crippen molar-refractivity contribution in [1.82, 2.24) is 10.2 Å². The van der Waals surface area contributed by atoms with E-state index < -0.39 is 6.04 Å². The molecule has 3 rings (SSSR count). The van der Waals surface area contributed by atoms with Crippen molar-refractivity contribution in [2.24, 2.45) is 5.73 Å². The molecule has 7 heteroatoms. The summed E-state index contributed by atoms with van der Waals surface area (Å²) in [6.45, 7) is 2.65. The Balaban J connectivity index is 0.00000210. The van der Waals surface area contributed by atoms with Crippen LogP contribution in [-0.4, -0.2) is 43.6 Å². The molecule has 2 unspecified atom stereocenters. The van der Waals surface area contributed by atoms with Crippen molar-refractivity contribution in [3.63, 3.8) is 0 Å². The second-order valence-electron chi connectivity index (χ2n) is 7.08. The number of halogens is 2. The molecular formula is C22H31Cl2N3O2. The fourth-order valence-corrected chi connectivity index (χ4v) is 3.65. The topological polar surface area (TPSA) is 67.6 Å². The number of carbonyl (C=O) groups is 1. The highest BCUT2D eigenvalue weighted by Gasteiger charge is 2.25. The number of benzene rings is 2. The van der Waals surface area contributed by atoms with Gasteiger partial charge in [-0.2, -0.15) is 0 Å². The second-order valence-corrected chi connectivity index (χ2v) is 7.08. The molecule has 160 valence electrons. The number of carbonyl (C=O) groups excluding carboxylic acids is 1. The summed E-state index contributed by atoms with van der Waals surface area (Å²) in [5.74, 6) is 0.731. The third kappa shape index (κ3) is 7.19. The minimum Gasteiger partial charge on any atom is -0.497 e. The number of hydrogen-bond donors (Lipinski definition) is 2. The Kier molecular flexibility index (Phi) is 11.1. The standard InChI is InChI=1S/C22H29N3O2.2ClH/c1-27-19-11-7-10-18(15-19)21(25-12-5-6-13-25)16-24-22(26)20(23)14-17-8-3-2-4-9-17;;/h2-4,7-11,15,20-21H,5-6,12-14,16,23H2,1H3,(H,24,26);2*1H. The summed E-state index contributed by atoms with van der Waals surface area (Å²) >= 11 is 0. The Hall–Kier alpha value is -1.79. The average molecular weight is 440 g/mol. The van der Waals surface area contributed by atoms with Crippen LogP contribution in [-0.2, 0) is 11.2 Å². The van der Waals surface area contributed by atoms with Crippen LogP contribution in [0.15, 0.2) is 54.6 Å². The summed E-state index contributed by atoms with van der Waals surface area (Å²) < 4.78 is 5.37. The van der Waals surface area contributed by atoms with Crippen LogP contribution in [0.25, 0.3) is 0 Å². The van der Waals surface area contributed by atoms with Gasteiger partial charge in [0, 0.05) is 6.54 Å². The van der Waals surface area contributed by atoms with Gasteiger partial charge >= 0.3 is 0 Å². The predicted octanol–water partition coefficient (Wildman–Crippen LogP) is 3.36. The van der Waals surface area contributed by atoms with Gasteiger partial charge in [-0.3, -0.25) is 9.69 Å². The molecule has 29 heavy (non-hydrogen) atoms. The van der Waals surface area contributed by atoms with E-state index in [1.807, 2.05) is 42.5 Å². The quantitative estimate of drug-likeness (QED) is 0.661. The van der Waals surface area contributed by atoms with Crippen LogP contribution in [0.5, 0.6) is 5.75 Å². The lowest BCUT2D eigenvalue weighted by atomic mass is 10.0. The van der Waals surface area contributed by atoms with Crippen molar-refractivity contribution < 1.29 is 9.53 Å². The maximum atomic E-state index is 12.5. The molecule has 2 aromatic rings. The first-order valence-corrected chi connectivity index (χ1v) is 9.62. The summed E-state index contributed by atoms with van der Waals surface area (Å²) in [6, 6.07) is 17.6. The van der Waals surface area contributed by atoms with Gasteiger partial charge < -0.3 is 15.8 Å². The first-order valence-electron chi connectivity index (χ1n) is 9.62. The molecule has 1 amide bonds. The molecule has 1 saturated heterocycles. The largest absolute Gasteiger partial charge is 0.497 e. The Morgan fingerprint density at radius 1 is 1.10 bits per heavy atom. The number of rotatable bonds is 8. The van der Waals surface area contributed by atoms with E-state index >= 15 is 0 Å². The van der Waals surface area contributed by atoms with Gasteiger partial charge in [0.1, 0.15) is 5.75 Å². The van der Waals surface area contributed by atoms with E-state index in [9.17, 15) is 4.79 Å². The highest BCUT2D eigenvalue weighted by atomic mass is 35.5. The molecule has 1 fully saturated rings. The van der Waals surface area contributed by atoms with E-state index in [4.69, 9.17) is 10.5 Å². The van der Waals surface area contributed by atoms with Crippen molar-refractivity contribution in [1.29, 1.82) is 0 Å². The fraction of sp³-hybridized carbons (Fsp3) is 0.409. The Morgan fingerprint density at radius 2 is 1.79 bits per heavy atom. The minimum atomic E-state index is -0.545. The van der Waals surface area contributed by atoms with E-state index in [1.165, 1.54) is 12.8 Å². The zero-order valence-electron chi connectivity index (χ0n) is 16.8. The number of methoxy groups -OCH3 is 1. The van der Waals surface area contributed by atoms with Crippen LogP contribution >= 0.6 is 24.8 Å². The number of ether oxygens (including phenoxy) is 1. The zero-order chi connectivity index (χ0) is 19.1. The summed E-state index contributed by atoms with van der Waals surface area (Å²) in [4.78, 5) is 15.0. The number of amides is 1. The Bertz CT molecular complexity index is 740. The van der Waals surface area contributed by atoms with Gasteiger partial charge in [0.25, 0.3) is 0 Å². The predicted molar refractivity (Wildman–Crippen MR) is 122 cm³/mol. The van der Waals surface area contributed by atoms with Gasteiger partial charge in [0.15, 0.2) is 0 Å². The third-order valence-electron chi connectivity index (χ3n) is 5.16. The van der Waals surface area contributed by atoms with Crippen molar-refractivity contribution in [3.05, 3.63) is 65.7 Å². The van der Waals surface area contributed by atoms with E-state index in [-0.39, 0.29) is 36.8 Å². The third-order valence-corrected chi connectivity index (χ3v) is 5.16. The Labute approximate surface area is 185 Å². The van der Waals surface area contributed by atoms with Crippen LogP contribution in [0.4, 0.5) is 0 Å². The van der Waals surface area contributed by atoms with Crippen LogP contribution in [0, 0.1) is 0 Å². The van der Waals surface area contributed by atoms with Gasteiger partial charge in [-0.15, -0.1) is 24.8 Å². The molecule has 2 aromatic carbocycles. The van der Waals surface area contributed by atoms with Gasteiger partial charge in [-0.05, 0) is 55.6 Å². The van der Waals surface area contributed by atoms with Crippen LogP contribution in [0.2, 0.25) is 0 Å². The summed E-state index contributed by atoms with van der Waals surface area (Å²) in [7, 11) is 1.67. The lowest BCUT2D eigenvalue weighted by molar-refractivity contribution is -0.122. The molecule has 1 heterocycles. The fourth-order valence-electron chi connectivity index (χ4n) is 3.65. The minimum absolute atomic E-state index is 0. The molecule has 0 aliphatic carbocycles. The lowest BCUT2D eigenvalue weighted by Crippen LogP contribution is -2.45. The number of hydrogen-bond acceptors (Lipinski definition) is 4. The lowest BCUT2D eigenvalue weighted by Gasteiger charge is -2.29. The SMILES string of the molecule is COc1cccc(C(CNC(=O)C(N)Cc2ccccc2)N2CCCC2)c1.Cl.Cl. The van der Waals surface area contributed by atoms with Crippen LogP contribution < -0.4 is 15.8 Å². The maximum Gasteiger partial charge on any atom is 0.237 e. The van der Waals surface area contributed by atoms with Crippen molar-refractivity contribution in [3.8, 4) is 5.75 Å². The molecule has 0 radical (unpaired) electrons. The van der Waals surface area contributed by atoms with E-state index in [0.717, 1.165) is 30.0 Å². The van der Waals surface area contributed by atoms with Crippen molar-refractivity contribution in [2.45, 2.75) is 31.3 Å². The number of nitrogens with one attached hydrogen (secondary N) is 1.